The Morgan fingerprint density at radius 3 is 2.56 bits per heavy atom. The van der Waals surface area contributed by atoms with Crippen molar-refractivity contribution in [3.8, 4) is 5.75 Å². The van der Waals surface area contributed by atoms with Crippen molar-refractivity contribution in [1.82, 2.24) is 9.80 Å². The number of hydrogen-bond acceptors (Lipinski definition) is 4. The molecular weight excluding hydrogens is 316 g/mol. The maximum Gasteiger partial charge on any atom is 0.263 e. The summed E-state index contributed by atoms with van der Waals surface area (Å²) >= 11 is 0. The third-order valence-electron chi connectivity index (χ3n) is 4.78. The number of aryl methyl sites for hydroxylation is 2. The van der Waals surface area contributed by atoms with Crippen LogP contribution in [0.15, 0.2) is 41.0 Å². The van der Waals surface area contributed by atoms with Crippen molar-refractivity contribution in [2.75, 3.05) is 26.2 Å². The third kappa shape index (κ3) is 4.42. The SMILES string of the molecule is Cc1ccc(O[C@@H](C)C(=O)N2CCN(Cc3ccco3)CC2)cc1C. The maximum atomic E-state index is 12.6. The molecule has 1 aliphatic rings. The predicted octanol–water partition coefficient (Wildman–Crippen LogP) is 3.01. The van der Waals surface area contributed by atoms with E-state index in [2.05, 4.69) is 11.8 Å². The molecule has 1 amide bonds. The Balaban J connectivity index is 1.50. The monoisotopic (exact) mass is 342 g/mol. The lowest BCUT2D eigenvalue weighted by molar-refractivity contribution is -0.139. The van der Waals surface area contributed by atoms with E-state index in [1.165, 1.54) is 11.1 Å². The van der Waals surface area contributed by atoms with E-state index in [1.807, 2.05) is 49.1 Å². The molecule has 0 bridgehead atoms. The van der Waals surface area contributed by atoms with Crippen molar-refractivity contribution in [2.45, 2.75) is 33.4 Å². The first-order valence-corrected chi connectivity index (χ1v) is 8.80. The molecule has 2 heterocycles. The lowest BCUT2D eigenvalue weighted by Crippen LogP contribution is -2.51. The van der Waals surface area contributed by atoms with Crippen molar-refractivity contribution < 1.29 is 13.9 Å². The molecule has 0 N–H and O–H groups in total. The minimum Gasteiger partial charge on any atom is -0.481 e. The molecule has 1 atom stereocenters. The second-order valence-corrected chi connectivity index (χ2v) is 6.69. The molecule has 5 heteroatoms. The Kier molecular flexibility index (Phi) is 5.43. The fraction of sp³-hybridized carbons (Fsp3) is 0.450. The van der Waals surface area contributed by atoms with Gasteiger partial charge in [-0.15, -0.1) is 0 Å². The number of carbonyl (C=O) groups excluding carboxylic acids is 1. The third-order valence-corrected chi connectivity index (χ3v) is 4.78. The molecule has 0 saturated carbocycles. The van der Waals surface area contributed by atoms with Crippen LogP contribution in [0.5, 0.6) is 5.75 Å². The van der Waals surface area contributed by atoms with Gasteiger partial charge in [0.05, 0.1) is 12.8 Å². The zero-order valence-corrected chi connectivity index (χ0v) is 15.2. The molecule has 0 aliphatic carbocycles. The van der Waals surface area contributed by atoms with Gasteiger partial charge in [0, 0.05) is 26.2 Å². The molecule has 2 aromatic rings. The van der Waals surface area contributed by atoms with E-state index in [0.717, 1.165) is 44.2 Å². The fourth-order valence-corrected chi connectivity index (χ4v) is 3.05. The Labute approximate surface area is 149 Å². The number of amides is 1. The molecule has 5 nitrogen and oxygen atoms in total. The molecule has 1 aliphatic heterocycles. The first kappa shape index (κ1) is 17.5. The van der Waals surface area contributed by atoms with Gasteiger partial charge in [0.15, 0.2) is 6.10 Å². The van der Waals surface area contributed by atoms with E-state index in [4.69, 9.17) is 9.15 Å². The number of furan rings is 1. The summed E-state index contributed by atoms with van der Waals surface area (Å²) in [6.07, 6.45) is 1.22. The molecule has 1 saturated heterocycles. The summed E-state index contributed by atoms with van der Waals surface area (Å²) in [5, 5.41) is 0. The van der Waals surface area contributed by atoms with E-state index >= 15 is 0 Å². The molecule has 1 aromatic heterocycles. The number of rotatable bonds is 5. The zero-order chi connectivity index (χ0) is 17.8. The normalized spacial score (nSPS) is 16.7. The summed E-state index contributed by atoms with van der Waals surface area (Å²) in [6, 6.07) is 9.82. The van der Waals surface area contributed by atoms with E-state index in [0.29, 0.717) is 0 Å². The van der Waals surface area contributed by atoms with Crippen LogP contribution in [0.1, 0.15) is 23.8 Å². The maximum absolute atomic E-state index is 12.6. The van der Waals surface area contributed by atoms with Crippen molar-refractivity contribution in [1.29, 1.82) is 0 Å². The number of hydrogen-bond donors (Lipinski definition) is 0. The average Bonchev–Trinajstić information content (AvgIpc) is 3.11. The van der Waals surface area contributed by atoms with Gasteiger partial charge in [-0.1, -0.05) is 6.07 Å². The highest BCUT2D eigenvalue weighted by Gasteiger charge is 2.26. The molecule has 0 radical (unpaired) electrons. The number of carbonyl (C=O) groups is 1. The molecular formula is C20H26N2O3. The Hall–Kier alpha value is -2.27. The number of piperazine rings is 1. The number of nitrogens with zero attached hydrogens (tertiary/aromatic N) is 2. The van der Waals surface area contributed by atoms with Gasteiger partial charge >= 0.3 is 0 Å². The van der Waals surface area contributed by atoms with Crippen LogP contribution >= 0.6 is 0 Å². The van der Waals surface area contributed by atoms with Crippen molar-refractivity contribution >= 4 is 5.91 Å². The molecule has 0 spiro atoms. The molecule has 134 valence electrons. The highest BCUT2D eigenvalue weighted by Crippen LogP contribution is 2.19. The summed E-state index contributed by atoms with van der Waals surface area (Å²) in [4.78, 5) is 16.8. The van der Waals surface area contributed by atoms with Gasteiger partial charge in [0.25, 0.3) is 5.91 Å². The smallest absolute Gasteiger partial charge is 0.263 e. The predicted molar refractivity (Wildman–Crippen MR) is 96.6 cm³/mol. The quantitative estimate of drug-likeness (QED) is 0.838. The van der Waals surface area contributed by atoms with Gasteiger partial charge in [-0.3, -0.25) is 9.69 Å². The van der Waals surface area contributed by atoms with Gasteiger partial charge in [0.2, 0.25) is 0 Å². The summed E-state index contributed by atoms with van der Waals surface area (Å²) in [6.45, 7) is 9.88. The average molecular weight is 342 g/mol. The van der Waals surface area contributed by atoms with Crippen molar-refractivity contribution in [3.05, 3.63) is 53.5 Å². The topological polar surface area (TPSA) is 45.9 Å². The minimum atomic E-state index is -0.473. The lowest BCUT2D eigenvalue weighted by Gasteiger charge is -2.35. The molecule has 1 fully saturated rings. The first-order valence-electron chi connectivity index (χ1n) is 8.80. The second-order valence-electron chi connectivity index (χ2n) is 6.69. The van der Waals surface area contributed by atoms with Gasteiger partial charge < -0.3 is 14.1 Å². The van der Waals surface area contributed by atoms with Crippen LogP contribution in [0, 0.1) is 13.8 Å². The number of ether oxygens (including phenoxy) is 1. The van der Waals surface area contributed by atoms with Crippen LogP contribution in [-0.2, 0) is 11.3 Å². The van der Waals surface area contributed by atoms with Crippen LogP contribution in [0.2, 0.25) is 0 Å². The number of benzene rings is 1. The second kappa shape index (κ2) is 7.74. The van der Waals surface area contributed by atoms with E-state index < -0.39 is 6.10 Å². The Bertz CT molecular complexity index is 704. The highest BCUT2D eigenvalue weighted by atomic mass is 16.5. The highest BCUT2D eigenvalue weighted by molar-refractivity contribution is 5.81. The molecule has 0 unspecified atom stereocenters. The molecule has 1 aromatic carbocycles. The van der Waals surface area contributed by atoms with Gasteiger partial charge in [-0.25, -0.2) is 0 Å². The van der Waals surface area contributed by atoms with Crippen molar-refractivity contribution in [3.63, 3.8) is 0 Å². The largest absolute Gasteiger partial charge is 0.481 e. The van der Waals surface area contributed by atoms with E-state index in [9.17, 15) is 4.79 Å². The Morgan fingerprint density at radius 2 is 1.92 bits per heavy atom. The van der Waals surface area contributed by atoms with Crippen LogP contribution in [0.25, 0.3) is 0 Å². The zero-order valence-electron chi connectivity index (χ0n) is 15.2. The van der Waals surface area contributed by atoms with Crippen LogP contribution in [0.3, 0.4) is 0 Å². The van der Waals surface area contributed by atoms with Crippen LogP contribution < -0.4 is 4.74 Å². The van der Waals surface area contributed by atoms with E-state index in [-0.39, 0.29) is 5.91 Å². The van der Waals surface area contributed by atoms with E-state index in [1.54, 1.807) is 6.26 Å². The first-order chi connectivity index (χ1) is 12.0. The van der Waals surface area contributed by atoms with Gasteiger partial charge in [-0.05, 0) is 56.2 Å². The fourth-order valence-electron chi connectivity index (χ4n) is 3.05. The lowest BCUT2D eigenvalue weighted by atomic mass is 10.1. The summed E-state index contributed by atoms with van der Waals surface area (Å²) in [5.74, 6) is 1.77. The Morgan fingerprint density at radius 1 is 1.16 bits per heavy atom. The summed E-state index contributed by atoms with van der Waals surface area (Å²) < 4.78 is 11.2. The summed E-state index contributed by atoms with van der Waals surface area (Å²) in [5.41, 5.74) is 2.39. The molecule has 25 heavy (non-hydrogen) atoms. The van der Waals surface area contributed by atoms with Crippen molar-refractivity contribution in [2.24, 2.45) is 0 Å². The van der Waals surface area contributed by atoms with Gasteiger partial charge in [-0.2, -0.15) is 0 Å². The minimum absolute atomic E-state index is 0.0517. The van der Waals surface area contributed by atoms with Crippen LogP contribution in [0.4, 0.5) is 0 Å². The standard InChI is InChI=1S/C20H26N2O3/c1-15-6-7-18(13-16(15)2)25-17(3)20(23)22-10-8-21(9-11-22)14-19-5-4-12-24-19/h4-7,12-13,17H,8-11,14H2,1-3H3/t17-/m0/s1. The van der Waals surface area contributed by atoms with Crippen LogP contribution in [-0.4, -0.2) is 48.0 Å². The van der Waals surface area contributed by atoms with Gasteiger partial charge in [0.1, 0.15) is 11.5 Å². The summed E-state index contributed by atoms with van der Waals surface area (Å²) in [7, 11) is 0. The molecule has 3 rings (SSSR count).